The fourth-order valence-electron chi connectivity index (χ4n) is 0.580. The maximum Gasteiger partial charge on any atom is 0.327 e. The van der Waals surface area contributed by atoms with Gasteiger partial charge in [0.1, 0.15) is 0 Å². The van der Waals surface area contributed by atoms with E-state index < -0.39 is 15.3 Å². The standard InChI is InChI=1S/C5H5F5N2S/c1-4-2-12-5(3-11-4)13(6,7,8,9)10/h2-3H,1H3. The molecule has 2 nitrogen and oxygen atoms in total. The molecule has 0 spiro atoms. The summed E-state index contributed by atoms with van der Waals surface area (Å²) in [6, 6.07) is 0. The average Bonchev–Trinajstić information content (AvgIpc) is 1.82. The Morgan fingerprint density at radius 3 is 1.85 bits per heavy atom. The van der Waals surface area contributed by atoms with E-state index in [0.29, 0.717) is 6.20 Å². The van der Waals surface area contributed by atoms with Gasteiger partial charge in [-0.3, -0.25) is 4.98 Å². The Kier molecular flexibility index (Phi) is 1.52. The van der Waals surface area contributed by atoms with Crippen LogP contribution in [0.1, 0.15) is 5.69 Å². The summed E-state index contributed by atoms with van der Waals surface area (Å²) in [6.45, 7) is 1.35. The van der Waals surface area contributed by atoms with E-state index in [4.69, 9.17) is 0 Å². The van der Waals surface area contributed by atoms with Crippen LogP contribution in [0.25, 0.3) is 0 Å². The lowest BCUT2D eigenvalue weighted by atomic mass is 10.5. The average molecular weight is 220 g/mol. The zero-order valence-corrected chi connectivity index (χ0v) is 7.16. The van der Waals surface area contributed by atoms with Gasteiger partial charge < -0.3 is 0 Å². The summed E-state index contributed by atoms with van der Waals surface area (Å²) in [5, 5.41) is -2.20. The number of hydrogen-bond donors (Lipinski definition) is 0. The Morgan fingerprint density at radius 1 is 1.00 bits per heavy atom. The van der Waals surface area contributed by atoms with Gasteiger partial charge in [0.15, 0.2) is 0 Å². The lowest BCUT2D eigenvalue weighted by Crippen LogP contribution is -2.08. The van der Waals surface area contributed by atoms with Crippen molar-refractivity contribution in [1.29, 1.82) is 0 Å². The molecule has 0 N–H and O–H groups in total. The molecule has 0 amide bonds. The summed E-state index contributed by atoms with van der Waals surface area (Å²) in [7, 11) is -9.63. The van der Waals surface area contributed by atoms with Gasteiger partial charge in [0.2, 0.25) is 5.03 Å². The van der Waals surface area contributed by atoms with Crippen LogP contribution in [0, 0.1) is 6.92 Å². The summed E-state index contributed by atoms with van der Waals surface area (Å²) in [5.41, 5.74) is 0.144. The van der Waals surface area contributed by atoms with Crippen molar-refractivity contribution < 1.29 is 19.4 Å². The first-order valence-electron chi connectivity index (χ1n) is 3.02. The molecule has 0 fully saturated rings. The van der Waals surface area contributed by atoms with Crippen molar-refractivity contribution in [2.45, 2.75) is 11.9 Å². The molecule has 1 aromatic rings. The highest BCUT2D eigenvalue weighted by molar-refractivity contribution is 8.45. The van der Waals surface area contributed by atoms with E-state index in [-0.39, 0.29) is 11.9 Å². The van der Waals surface area contributed by atoms with Gasteiger partial charge in [-0.05, 0) is 6.92 Å². The van der Waals surface area contributed by atoms with Gasteiger partial charge in [0.05, 0.1) is 11.9 Å². The van der Waals surface area contributed by atoms with Gasteiger partial charge >= 0.3 is 10.2 Å². The molecule has 0 saturated carbocycles. The third-order valence-electron chi connectivity index (χ3n) is 1.15. The zero-order chi connectivity index (χ0) is 10.4. The quantitative estimate of drug-likeness (QED) is 0.677. The second-order valence-corrected chi connectivity index (χ2v) is 4.82. The summed E-state index contributed by atoms with van der Waals surface area (Å²) in [5.74, 6) is 0. The minimum atomic E-state index is -9.63. The predicted molar refractivity (Wildman–Crippen MR) is 38.2 cm³/mol. The minimum absolute atomic E-state index is 0.0386. The van der Waals surface area contributed by atoms with Crippen LogP contribution >= 0.6 is 10.2 Å². The first-order valence-corrected chi connectivity index (χ1v) is 4.97. The summed E-state index contributed by atoms with van der Waals surface area (Å²) in [6.07, 6.45) is 0.685. The molecule has 0 saturated heterocycles. The van der Waals surface area contributed by atoms with Crippen molar-refractivity contribution in [1.82, 2.24) is 9.97 Å². The molecule has 1 aromatic heterocycles. The number of hydrogen-bond acceptors (Lipinski definition) is 2. The first-order chi connectivity index (χ1) is 5.49. The molecule has 0 bridgehead atoms. The Labute approximate surface area is 70.5 Å². The van der Waals surface area contributed by atoms with Crippen molar-refractivity contribution in [3.63, 3.8) is 0 Å². The van der Waals surface area contributed by atoms with Crippen molar-refractivity contribution in [2.75, 3.05) is 0 Å². The largest absolute Gasteiger partial charge is 0.327 e. The van der Waals surface area contributed by atoms with Crippen molar-refractivity contribution in [2.24, 2.45) is 0 Å². The van der Waals surface area contributed by atoms with Crippen LogP contribution in [-0.2, 0) is 0 Å². The number of rotatable bonds is 1. The third-order valence-corrected chi connectivity index (χ3v) is 2.15. The van der Waals surface area contributed by atoms with Crippen LogP contribution in [0.4, 0.5) is 19.4 Å². The Morgan fingerprint density at radius 2 is 1.54 bits per heavy atom. The predicted octanol–water partition coefficient (Wildman–Crippen LogP) is 3.44. The highest BCUT2D eigenvalue weighted by Gasteiger charge is 2.67. The maximum atomic E-state index is 12.0. The third kappa shape index (κ3) is 2.51. The SMILES string of the molecule is Cc1cnc(S(F)(F)(F)(F)F)cn1. The summed E-state index contributed by atoms with van der Waals surface area (Å²) < 4.78 is 59.9. The van der Waals surface area contributed by atoms with Crippen molar-refractivity contribution in [3.05, 3.63) is 18.1 Å². The van der Waals surface area contributed by atoms with Gasteiger partial charge in [-0.25, -0.2) is 4.98 Å². The van der Waals surface area contributed by atoms with Gasteiger partial charge in [0, 0.05) is 6.20 Å². The lowest BCUT2D eigenvalue weighted by Gasteiger charge is -2.38. The smallest absolute Gasteiger partial charge is 0.257 e. The molecule has 0 aromatic carbocycles. The lowest BCUT2D eigenvalue weighted by molar-refractivity contribution is 0.357. The minimum Gasteiger partial charge on any atom is -0.257 e. The second-order valence-electron chi connectivity index (χ2n) is 2.46. The van der Waals surface area contributed by atoms with E-state index in [0.717, 1.165) is 0 Å². The highest BCUT2D eigenvalue weighted by Crippen LogP contribution is 3.01. The fraction of sp³-hybridized carbons (Fsp3) is 0.200. The number of nitrogens with zero attached hydrogens (tertiary/aromatic N) is 2. The monoisotopic (exact) mass is 220 g/mol. The van der Waals surface area contributed by atoms with Crippen LogP contribution in [0.2, 0.25) is 0 Å². The molecule has 0 radical (unpaired) electrons. The molecule has 1 heterocycles. The fourth-order valence-corrected chi connectivity index (χ4v) is 1.08. The topological polar surface area (TPSA) is 25.8 Å². The Balaban J connectivity index is 3.34. The van der Waals surface area contributed by atoms with Crippen LogP contribution in [0.5, 0.6) is 0 Å². The van der Waals surface area contributed by atoms with Gasteiger partial charge in [-0.15, -0.1) is 0 Å². The van der Waals surface area contributed by atoms with Crippen molar-refractivity contribution in [3.8, 4) is 0 Å². The van der Waals surface area contributed by atoms with Crippen LogP contribution in [0.15, 0.2) is 17.4 Å². The molecule has 1 rings (SSSR count). The van der Waals surface area contributed by atoms with E-state index in [2.05, 4.69) is 9.97 Å². The molecule has 0 aliphatic heterocycles. The van der Waals surface area contributed by atoms with Gasteiger partial charge in [0.25, 0.3) is 0 Å². The van der Waals surface area contributed by atoms with E-state index >= 15 is 0 Å². The molecule has 0 atom stereocenters. The Hall–Kier alpha value is -0.920. The highest BCUT2D eigenvalue weighted by atomic mass is 32.5. The molecule has 76 valence electrons. The normalized spacial score (nSPS) is 17.7. The summed E-state index contributed by atoms with van der Waals surface area (Å²) >= 11 is 0. The van der Waals surface area contributed by atoms with Crippen LogP contribution < -0.4 is 0 Å². The summed E-state index contributed by atoms with van der Waals surface area (Å²) in [4.78, 5) is 5.71. The van der Waals surface area contributed by atoms with E-state index in [1.165, 1.54) is 6.92 Å². The molecule has 0 unspecified atom stereocenters. The first kappa shape index (κ1) is 10.2. The van der Waals surface area contributed by atoms with E-state index in [1.807, 2.05) is 0 Å². The molecular weight excluding hydrogens is 215 g/mol. The van der Waals surface area contributed by atoms with Crippen LogP contribution in [0.3, 0.4) is 0 Å². The molecule has 8 heteroatoms. The zero-order valence-electron chi connectivity index (χ0n) is 6.35. The van der Waals surface area contributed by atoms with Gasteiger partial charge in [-0.1, -0.05) is 19.4 Å². The van der Waals surface area contributed by atoms with E-state index in [1.54, 1.807) is 0 Å². The molecule has 0 aliphatic rings. The molecule has 13 heavy (non-hydrogen) atoms. The number of halogens is 5. The van der Waals surface area contributed by atoms with Crippen LogP contribution in [-0.4, -0.2) is 9.97 Å². The maximum absolute atomic E-state index is 12.0. The Bertz CT molecular complexity index is 327. The number of aryl methyl sites for hydroxylation is 1. The van der Waals surface area contributed by atoms with Gasteiger partial charge in [-0.2, -0.15) is 0 Å². The molecule has 0 aliphatic carbocycles. The number of aromatic nitrogens is 2. The second kappa shape index (κ2) is 1.94. The molecular formula is C5H5F5N2S. The van der Waals surface area contributed by atoms with Crippen molar-refractivity contribution >= 4 is 10.2 Å². The van der Waals surface area contributed by atoms with E-state index in [9.17, 15) is 19.4 Å².